The summed E-state index contributed by atoms with van der Waals surface area (Å²) in [7, 11) is 0. The van der Waals surface area contributed by atoms with E-state index in [0.29, 0.717) is 0 Å². The second-order valence-corrected chi connectivity index (χ2v) is 5.62. The van der Waals surface area contributed by atoms with E-state index in [0.717, 1.165) is 11.1 Å². The maximum Gasteiger partial charge on any atom is 0.279 e. The van der Waals surface area contributed by atoms with Crippen LogP contribution in [0.3, 0.4) is 0 Å². The lowest BCUT2D eigenvalue weighted by Gasteiger charge is -2.18. The van der Waals surface area contributed by atoms with Crippen LogP contribution in [0.4, 0.5) is 0 Å². The van der Waals surface area contributed by atoms with E-state index in [4.69, 9.17) is 12.2 Å². The molecule has 4 heteroatoms. The molecule has 22 heavy (non-hydrogen) atoms. The van der Waals surface area contributed by atoms with Crippen molar-refractivity contribution in [3.63, 3.8) is 0 Å². The van der Waals surface area contributed by atoms with Crippen molar-refractivity contribution in [2.45, 2.75) is 25.9 Å². The quantitative estimate of drug-likeness (QED) is 0.849. The van der Waals surface area contributed by atoms with Crippen molar-refractivity contribution in [1.29, 1.82) is 0 Å². The number of benzene rings is 2. The molecule has 0 fully saturated rings. The number of hydrogen-bond donors (Lipinski definition) is 2. The van der Waals surface area contributed by atoms with Gasteiger partial charge in [-0.25, -0.2) is 0 Å². The summed E-state index contributed by atoms with van der Waals surface area (Å²) in [4.78, 5) is 12.4. The average Bonchev–Trinajstić information content (AvgIpc) is 2.56. The molecule has 2 aromatic rings. The number of hydrogen-bond acceptors (Lipinski definition) is 2. The molecule has 0 aliphatic heterocycles. The Morgan fingerprint density at radius 2 is 1.23 bits per heavy atom. The molecule has 0 bridgehead atoms. The van der Waals surface area contributed by atoms with Crippen molar-refractivity contribution in [3.05, 3.63) is 71.8 Å². The molecule has 0 saturated heterocycles. The lowest BCUT2D eigenvalue weighted by Crippen LogP contribution is -2.40. The highest BCUT2D eigenvalue weighted by atomic mass is 32.1. The van der Waals surface area contributed by atoms with E-state index in [9.17, 15) is 4.79 Å². The Bertz CT molecular complexity index is 571. The van der Waals surface area contributed by atoms with Crippen LogP contribution in [-0.4, -0.2) is 10.9 Å². The molecule has 114 valence electrons. The predicted octanol–water partition coefficient (Wildman–Crippen LogP) is 3.54. The van der Waals surface area contributed by atoms with Gasteiger partial charge in [-0.15, -0.1) is 0 Å². The van der Waals surface area contributed by atoms with E-state index < -0.39 is 0 Å². The summed E-state index contributed by atoms with van der Waals surface area (Å²) in [6.45, 7) is 3.92. The molecule has 0 heterocycles. The summed E-state index contributed by atoms with van der Waals surface area (Å²) in [6, 6.07) is 19.6. The Hall–Kier alpha value is -2.20. The van der Waals surface area contributed by atoms with Crippen LogP contribution in [0.2, 0.25) is 0 Å². The Balaban J connectivity index is 1.91. The van der Waals surface area contributed by atoms with Gasteiger partial charge in [0, 0.05) is 6.04 Å². The van der Waals surface area contributed by atoms with Crippen molar-refractivity contribution >= 4 is 23.1 Å². The van der Waals surface area contributed by atoms with Gasteiger partial charge in [-0.2, -0.15) is 0 Å². The average molecular weight is 312 g/mol. The van der Waals surface area contributed by atoms with E-state index in [1.54, 1.807) is 0 Å². The molecular formula is C18H20N2OS. The van der Waals surface area contributed by atoms with E-state index in [1.165, 1.54) is 0 Å². The summed E-state index contributed by atoms with van der Waals surface area (Å²) >= 11 is 5.20. The largest absolute Gasteiger partial charge is 0.365 e. The maximum atomic E-state index is 12.2. The number of nitrogens with one attached hydrogen (secondary N) is 2. The molecule has 0 aliphatic rings. The standard InChI is InChI=1S/C18H20N2OS/c1-13(15-9-5-3-6-10-15)19-17(21)18(22)20-14(2)16-11-7-4-8-12-16/h3-14H,1-2H3,(H,19,21)(H,20,22). The first-order valence-corrected chi connectivity index (χ1v) is 7.70. The number of rotatable bonds is 4. The highest BCUT2D eigenvalue weighted by molar-refractivity contribution is 7.82. The zero-order valence-corrected chi connectivity index (χ0v) is 13.6. The third-order valence-corrected chi connectivity index (χ3v) is 3.80. The molecule has 0 aromatic heterocycles. The second kappa shape index (κ2) is 7.71. The Kier molecular flexibility index (Phi) is 5.67. The van der Waals surface area contributed by atoms with Gasteiger partial charge in [0.05, 0.1) is 6.04 Å². The van der Waals surface area contributed by atoms with Crippen LogP contribution in [0.15, 0.2) is 60.7 Å². The van der Waals surface area contributed by atoms with Gasteiger partial charge in [-0.3, -0.25) is 4.79 Å². The second-order valence-electron chi connectivity index (χ2n) is 5.21. The molecule has 0 aliphatic carbocycles. The molecule has 0 spiro atoms. The monoisotopic (exact) mass is 312 g/mol. The molecule has 0 saturated carbocycles. The molecule has 1 amide bonds. The maximum absolute atomic E-state index is 12.2. The molecular weight excluding hydrogens is 292 g/mol. The SMILES string of the molecule is CC(NC(=O)C(=S)NC(C)c1ccccc1)c1ccccc1. The van der Waals surface area contributed by atoms with Crippen molar-refractivity contribution in [1.82, 2.24) is 10.6 Å². The highest BCUT2D eigenvalue weighted by Gasteiger charge is 2.15. The molecule has 2 atom stereocenters. The van der Waals surface area contributed by atoms with E-state index in [2.05, 4.69) is 10.6 Å². The van der Waals surface area contributed by atoms with Crippen LogP contribution in [-0.2, 0) is 4.79 Å². The number of thiocarbonyl (C=S) groups is 1. The van der Waals surface area contributed by atoms with E-state index >= 15 is 0 Å². The zero-order valence-electron chi connectivity index (χ0n) is 12.7. The summed E-state index contributed by atoms with van der Waals surface area (Å²) in [5.41, 5.74) is 2.14. The number of amides is 1. The first kappa shape index (κ1) is 16.2. The first-order chi connectivity index (χ1) is 10.6. The van der Waals surface area contributed by atoms with Crippen LogP contribution >= 0.6 is 12.2 Å². The van der Waals surface area contributed by atoms with Gasteiger partial charge in [-0.05, 0) is 25.0 Å². The Morgan fingerprint density at radius 1 is 0.818 bits per heavy atom. The van der Waals surface area contributed by atoms with Gasteiger partial charge >= 0.3 is 0 Å². The van der Waals surface area contributed by atoms with E-state index in [-0.39, 0.29) is 23.0 Å². The van der Waals surface area contributed by atoms with Gasteiger partial charge in [0.15, 0.2) is 4.99 Å². The predicted molar refractivity (Wildman–Crippen MR) is 93.6 cm³/mol. The Morgan fingerprint density at radius 3 is 1.68 bits per heavy atom. The zero-order chi connectivity index (χ0) is 15.9. The molecule has 2 aromatic carbocycles. The van der Waals surface area contributed by atoms with Gasteiger partial charge in [0.2, 0.25) is 0 Å². The van der Waals surface area contributed by atoms with Crippen LogP contribution in [0.1, 0.15) is 37.1 Å². The van der Waals surface area contributed by atoms with Crippen molar-refractivity contribution in [3.8, 4) is 0 Å². The fraction of sp³-hybridized carbons (Fsp3) is 0.222. The molecule has 2 unspecified atom stereocenters. The fourth-order valence-electron chi connectivity index (χ4n) is 2.17. The summed E-state index contributed by atoms with van der Waals surface area (Å²) in [5.74, 6) is -0.255. The van der Waals surface area contributed by atoms with Crippen molar-refractivity contribution in [2.24, 2.45) is 0 Å². The smallest absolute Gasteiger partial charge is 0.279 e. The molecule has 0 radical (unpaired) electrons. The Labute approximate surface area is 136 Å². The summed E-state index contributed by atoms with van der Waals surface area (Å²) in [5, 5.41) is 5.98. The third kappa shape index (κ3) is 4.40. The van der Waals surface area contributed by atoms with Crippen LogP contribution in [0.25, 0.3) is 0 Å². The van der Waals surface area contributed by atoms with Gasteiger partial charge in [0.25, 0.3) is 5.91 Å². The lowest BCUT2D eigenvalue weighted by atomic mass is 10.1. The third-order valence-electron chi connectivity index (χ3n) is 3.50. The topological polar surface area (TPSA) is 41.1 Å². The van der Waals surface area contributed by atoms with Crippen LogP contribution < -0.4 is 10.6 Å². The summed E-state index contributed by atoms with van der Waals surface area (Å²) < 4.78 is 0. The van der Waals surface area contributed by atoms with Crippen molar-refractivity contribution in [2.75, 3.05) is 0 Å². The summed E-state index contributed by atoms with van der Waals surface area (Å²) in [6.07, 6.45) is 0. The molecule has 2 rings (SSSR count). The van der Waals surface area contributed by atoms with Gasteiger partial charge in [0.1, 0.15) is 0 Å². The van der Waals surface area contributed by atoms with E-state index in [1.807, 2.05) is 74.5 Å². The first-order valence-electron chi connectivity index (χ1n) is 7.29. The molecule has 3 nitrogen and oxygen atoms in total. The minimum Gasteiger partial charge on any atom is -0.365 e. The number of carbonyl (C=O) groups is 1. The van der Waals surface area contributed by atoms with Crippen LogP contribution in [0.5, 0.6) is 0 Å². The number of carbonyl (C=O) groups excluding carboxylic acids is 1. The van der Waals surface area contributed by atoms with Crippen molar-refractivity contribution < 1.29 is 4.79 Å². The minimum absolute atomic E-state index is 0.00789. The normalized spacial score (nSPS) is 13.0. The highest BCUT2D eigenvalue weighted by Crippen LogP contribution is 2.13. The molecule has 2 N–H and O–H groups in total. The minimum atomic E-state index is -0.255. The lowest BCUT2D eigenvalue weighted by molar-refractivity contribution is -0.115. The van der Waals surface area contributed by atoms with Crippen LogP contribution in [0, 0.1) is 0 Å². The fourth-order valence-corrected chi connectivity index (χ4v) is 2.41. The van der Waals surface area contributed by atoms with Gasteiger partial charge in [-0.1, -0.05) is 72.9 Å². The van der Waals surface area contributed by atoms with Gasteiger partial charge < -0.3 is 10.6 Å².